The molecule has 0 aliphatic heterocycles. The van der Waals surface area contributed by atoms with Crippen LogP contribution in [-0.2, 0) is 5.75 Å². The van der Waals surface area contributed by atoms with Crippen LogP contribution in [-0.4, -0.2) is 11.3 Å². The zero-order valence-electron chi connectivity index (χ0n) is 10.9. The topological polar surface area (TPSA) is 26.0 Å². The lowest BCUT2D eigenvalue weighted by Crippen LogP contribution is -2.29. The molecule has 1 nitrogen and oxygen atoms in total. The second-order valence-corrected chi connectivity index (χ2v) is 6.64. The van der Waals surface area contributed by atoms with Crippen molar-refractivity contribution in [2.24, 2.45) is 5.73 Å². The van der Waals surface area contributed by atoms with Crippen LogP contribution >= 0.6 is 11.8 Å². The van der Waals surface area contributed by atoms with Gasteiger partial charge in [-0.3, -0.25) is 0 Å². The van der Waals surface area contributed by atoms with E-state index >= 15 is 0 Å². The molecule has 1 saturated carbocycles. The fourth-order valence-electron chi connectivity index (χ4n) is 2.70. The van der Waals surface area contributed by atoms with Crippen LogP contribution in [0.5, 0.6) is 0 Å². The lowest BCUT2D eigenvalue weighted by atomic mass is 9.96. The number of hydrogen-bond acceptors (Lipinski definition) is 2. The number of rotatable bonds is 3. The van der Waals surface area contributed by atoms with Crippen LogP contribution < -0.4 is 5.73 Å². The van der Waals surface area contributed by atoms with Crippen molar-refractivity contribution in [1.29, 1.82) is 0 Å². The quantitative estimate of drug-likeness (QED) is 0.881. The highest BCUT2D eigenvalue weighted by Crippen LogP contribution is 2.30. The smallest absolute Gasteiger partial charge is 0.0187 e. The monoisotopic (exact) mass is 249 g/mol. The Kier molecular flexibility index (Phi) is 4.52. The molecule has 0 heterocycles. The van der Waals surface area contributed by atoms with Crippen LogP contribution in [0.25, 0.3) is 0 Å². The van der Waals surface area contributed by atoms with Crippen molar-refractivity contribution in [2.45, 2.75) is 56.6 Å². The minimum atomic E-state index is 0.445. The van der Waals surface area contributed by atoms with Crippen molar-refractivity contribution >= 4 is 11.8 Å². The summed E-state index contributed by atoms with van der Waals surface area (Å²) in [5, 5.41) is 0.777. The molecule has 1 aromatic carbocycles. The van der Waals surface area contributed by atoms with Crippen LogP contribution in [0, 0.1) is 13.8 Å². The number of thioether (sulfide) groups is 1. The molecule has 2 N–H and O–H groups in total. The van der Waals surface area contributed by atoms with Gasteiger partial charge in [-0.05, 0) is 38.7 Å². The van der Waals surface area contributed by atoms with Gasteiger partial charge in [-0.25, -0.2) is 0 Å². The van der Waals surface area contributed by atoms with Gasteiger partial charge in [-0.2, -0.15) is 11.8 Å². The minimum absolute atomic E-state index is 0.445. The molecule has 0 amide bonds. The third kappa shape index (κ3) is 4.04. The van der Waals surface area contributed by atoms with Crippen molar-refractivity contribution in [3.8, 4) is 0 Å². The number of benzene rings is 1. The average molecular weight is 249 g/mol. The van der Waals surface area contributed by atoms with E-state index in [9.17, 15) is 0 Å². The Morgan fingerprint density at radius 1 is 1.18 bits per heavy atom. The van der Waals surface area contributed by atoms with E-state index in [0.717, 1.165) is 11.0 Å². The molecule has 1 aromatic rings. The summed E-state index contributed by atoms with van der Waals surface area (Å²) in [5.74, 6) is 1.14. The number of nitrogens with two attached hydrogens (primary N) is 1. The number of hydrogen-bond donors (Lipinski definition) is 1. The van der Waals surface area contributed by atoms with E-state index in [-0.39, 0.29) is 0 Å². The van der Waals surface area contributed by atoms with E-state index < -0.39 is 0 Å². The normalized spacial score (nSPS) is 24.9. The molecule has 1 fully saturated rings. The maximum absolute atomic E-state index is 6.03. The summed E-state index contributed by atoms with van der Waals surface area (Å²) in [7, 11) is 0. The molecule has 1 aliphatic rings. The molecule has 1 aliphatic carbocycles. The molecule has 2 rings (SSSR count). The summed E-state index contributed by atoms with van der Waals surface area (Å²) in [6, 6.07) is 7.30. The molecule has 0 saturated heterocycles. The molecule has 0 radical (unpaired) electrons. The molecular weight excluding hydrogens is 226 g/mol. The Labute approximate surface area is 109 Å². The van der Waals surface area contributed by atoms with Crippen LogP contribution in [0.2, 0.25) is 0 Å². The van der Waals surface area contributed by atoms with E-state index in [2.05, 4.69) is 43.8 Å². The highest BCUT2D eigenvalue weighted by molar-refractivity contribution is 7.99. The Morgan fingerprint density at radius 3 is 2.53 bits per heavy atom. The summed E-state index contributed by atoms with van der Waals surface area (Å²) in [5.41, 5.74) is 10.2. The lowest BCUT2D eigenvalue weighted by molar-refractivity contribution is 0.451. The molecule has 2 unspecified atom stereocenters. The largest absolute Gasteiger partial charge is 0.328 e. The fourth-order valence-corrected chi connectivity index (χ4v) is 4.01. The van der Waals surface area contributed by atoms with Crippen LogP contribution in [0.4, 0.5) is 0 Å². The van der Waals surface area contributed by atoms with Gasteiger partial charge in [0.15, 0.2) is 0 Å². The molecule has 17 heavy (non-hydrogen) atoms. The van der Waals surface area contributed by atoms with Gasteiger partial charge in [0.2, 0.25) is 0 Å². The van der Waals surface area contributed by atoms with Gasteiger partial charge in [0, 0.05) is 17.0 Å². The van der Waals surface area contributed by atoms with Crippen molar-refractivity contribution in [2.75, 3.05) is 0 Å². The second kappa shape index (κ2) is 5.92. The first kappa shape index (κ1) is 13.0. The molecule has 0 spiro atoms. The predicted octanol–water partition coefficient (Wildman–Crippen LogP) is 3.81. The molecule has 2 heteroatoms. The van der Waals surface area contributed by atoms with E-state index in [1.54, 1.807) is 0 Å². The van der Waals surface area contributed by atoms with E-state index in [4.69, 9.17) is 5.73 Å². The third-order valence-corrected chi connectivity index (χ3v) is 4.83. The van der Waals surface area contributed by atoms with Gasteiger partial charge < -0.3 is 5.73 Å². The first-order valence-electron chi connectivity index (χ1n) is 6.58. The van der Waals surface area contributed by atoms with Gasteiger partial charge in [-0.1, -0.05) is 35.7 Å². The number of aryl methyl sites for hydroxylation is 2. The molecule has 0 bridgehead atoms. The molecule has 2 atom stereocenters. The van der Waals surface area contributed by atoms with Crippen LogP contribution in [0.3, 0.4) is 0 Å². The van der Waals surface area contributed by atoms with Crippen LogP contribution in [0.15, 0.2) is 18.2 Å². The zero-order chi connectivity index (χ0) is 12.3. The van der Waals surface area contributed by atoms with Crippen molar-refractivity contribution in [3.05, 3.63) is 34.9 Å². The average Bonchev–Trinajstić information content (AvgIpc) is 2.25. The Hall–Kier alpha value is -0.470. The summed E-state index contributed by atoms with van der Waals surface area (Å²) in [4.78, 5) is 0. The molecule has 0 aromatic heterocycles. The van der Waals surface area contributed by atoms with E-state index in [1.165, 1.54) is 42.4 Å². The third-order valence-electron chi connectivity index (χ3n) is 3.43. The lowest BCUT2D eigenvalue weighted by Gasteiger charge is -2.26. The standard InChI is InChI=1S/C15H23NS/c1-11-6-12(2)8-13(7-11)10-17-15-5-3-4-14(16)9-15/h6-8,14-15H,3-5,9-10,16H2,1-2H3. The van der Waals surface area contributed by atoms with Crippen LogP contribution in [0.1, 0.15) is 42.4 Å². The first-order chi connectivity index (χ1) is 8.13. The Balaban J connectivity index is 1.88. The second-order valence-electron chi connectivity index (χ2n) is 5.36. The SMILES string of the molecule is Cc1cc(C)cc(CSC2CCCC(N)C2)c1. The Bertz CT molecular complexity index is 355. The predicted molar refractivity (Wildman–Crippen MR) is 77.4 cm³/mol. The minimum Gasteiger partial charge on any atom is -0.328 e. The van der Waals surface area contributed by atoms with E-state index in [1.807, 2.05) is 0 Å². The van der Waals surface area contributed by atoms with Crippen molar-refractivity contribution in [1.82, 2.24) is 0 Å². The van der Waals surface area contributed by atoms with Crippen molar-refractivity contribution in [3.63, 3.8) is 0 Å². The van der Waals surface area contributed by atoms with Gasteiger partial charge >= 0.3 is 0 Å². The van der Waals surface area contributed by atoms with Gasteiger partial charge in [0.25, 0.3) is 0 Å². The summed E-state index contributed by atoms with van der Waals surface area (Å²) >= 11 is 2.09. The van der Waals surface area contributed by atoms with Gasteiger partial charge in [-0.15, -0.1) is 0 Å². The highest BCUT2D eigenvalue weighted by Gasteiger charge is 2.19. The van der Waals surface area contributed by atoms with E-state index in [0.29, 0.717) is 6.04 Å². The summed E-state index contributed by atoms with van der Waals surface area (Å²) in [6.45, 7) is 4.36. The maximum Gasteiger partial charge on any atom is 0.0187 e. The summed E-state index contributed by atoms with van der Waals surface area (Å²) < 4.78 is 0. The van der Waals surface area contributed by atoms with Gasteiger partial charge in [0.05, 0.1) is 0 Å². The zero-order valence-corrected chi connectivity index (χ0v) is 11.7. The first-order valence-corrected chi connectivity index (χ1v) is 7.63. The summed E-state index contributed by atoms with van der Waals surface area (Å²) in [6.07, 6.45) is 5.09. The molecule has 94 valence electrons. The fraction of sp³-hybridized carbons (Fsp3) is 0.600. The van der Waals surface area contributed by atoms with Crippen molar-refractivity contribution < 1.29 is 0 Å². The highest BCUT2D eigenvalue weighted by atomic mass is 32.2. The maximum atomic E-state index is 6.03. The Morgan fingerprint density at radius 2 is 1.88 bits per heavy atom. The molecular formula is C15H23NS. The van der Waals surface area contributed by atoms with Gasteiger partial charge in [0.1, 0.15) is 0 Å².